The Morgan fingerprint density at radius 3 is 2.50 bits per heavy atom. The highest BCUT2D eigenvalue weighted by Gasteiger charge is 2.58. The van der Waals surface area contributed by atoms with Crippen LogP contribution < -0.4 is 5.73 Å². The second-order valence-corrected chi connectivity index (χ2v) is 4.04. The number of amides is 1. The van der Waals surface area contributed by atoms with E-state index in [9.17, 15) is 18.0 Å². The molecule has 7 heteroatoms. The summed E-state index contributed by atoms with van der Waals surface area (Å²) < 4.78 is 38.1. The van der Waals surface area contributed by atoms with E-state index in [1.165, 1.54) is 0 Å². The van der Waals surface area contributed by atoms with Crippen LogP contribution in [0, 0.1) is 5.41 Å². The van der Waals surface area contributed by atoms with Gasteiger partial charge in [-0.15, -0.1) is 0 Å². The zero-order valence-corrected chi connectivity index (χ0v) is 8.76. The molecule has 1 aliphatic rings. The Labute approximate surface area is 91.2 Å². The molecule has 0 bridgehead atoms. The minimum Gasteiger partial charge on any atom is -0.395 e. The molecule has 3 N–H and O–H groups in total. The highest BCUT2D eigenvalue weighted by atomic mass is 19.4. The van der Waals surface area contributed by atoms with Gasteiger partial charge < -0.3 is 15.7 Å². The zero-order chi connectivity index (χ0) is 12.4. The van der Waals surface area contributed by atoms with Crippen molar-refractivity contribution < 1.29 is 23.1 Å². The maximum atomic E-state index is 12.7. The van der Waals surface area contributed by atoms with Crippen LogP contribution in [-0.4, -0.2) is 48.3 Å². The summed E-state index contributed by atoms with van der Waals surface area (Å²) in [4.78, 5) is 12.5. The number of carbonyl (C=O) groups is 1. The van der Waals surface area contributed by atoms with Crippen molar-refractivity contribution in [3.63, 3.8) is 0 Å². The Morgan fingerprint density at radius 1 is 1.50 bits per heavy atom. The molecule has 1 aliphatic heterocycles. The number of aliphatic hydroxyl groups excluding tert-OH is 1. The molecule has 0 spiro atoms. The molecular weight excluding hydrogens is 225 g/mol. The smallest absolute Gasteiger partial charge is 0.395 e. The molecular formula is C9H15F3N2O2. The number of alkyl halides is 3. The molecule has 0 aromatic carbocycles. The Kier molecular flexibility index (Phi) is 3.80. The lowest BCUT2D eigenvalue weighted by molar-refractivity contribution is -0.230. The van der Waals surface area contributed by atoms with Gasteiger partial charge in [0.25, 0.3) is 0 Å². The standard InChI is InChI=1S/C9H15F3N2O2/c10-9(11,12)8(6-15)2-4-14(5-8)7(16)1-3-13/h15H,1-6,13H2/t8-/m1/s1. The van der Waals surface area contributed by atoms with Gasteiger partial charge in [0.15, 0.2) is 0 Å². The molecule has 1 heterocycles. The summed E-state index contributed by atoms with van der Waals surface area (Å²) in [6, 6.07) is 0. The number of halogens is 3. The van der Waals surface area contributed by atoms with Crippen molar-refractivity contribution in [2.75, 3.05) is 26.2 Å². The van der Waals surface area contributed by atoms with Crippen LogP contribution in [0.25, 0.3) is 0 Å². The van der Waals surface area contributed by atoms with E-state index in [2.05, 4.69) is 0 Å². The minimum absolute atomic E-state index is 0.0267. The largest absolute Gasteiger partial charge is 0.398 e. The first-order valence-electron chi connectivity index (χ1n) is 5.02. The summed E-state index contributed by atoms with van der Waals surface area (Å²) in [5.74, 6) is -0.387. The normalized spacial score (nSPS) is 26.2. The maximum absolute atomic E-state index is 12.7. The van der Waals surface area contributed by atoms with E-state index in [1.54, 1.807) is 0 Å². The lowest BCUT2D eigenvalue weighted by Gasteiger charge is -2.29. The summed E-state index contributed by atoms with van der Waals surface area (Å²) in [5, 5.41) is 8.90. The number of aliphatic hydroxyl groups is 1. The van der Waals surface area contributed by atoms with Crippen LogP contribution in [0.2, 0.25) is 0 Å². The highest BCUT2D eigenvalue weighted by molar-refractivity contribution is 5.76. The molecule has 1 atom stereocenters. The fraction of sp³-hybridized carbons (Fsp3) is 0.889. The fourth-order valence-corrected chi connectivity index (χ4v) is 1.82. The van der Waals surface area contributed by atoms with Crippen LogP contribution in [0.3, 0.4) is 0 Å². The van der Waals surface area contributed by atoms with E-state index < -0.39 is 24.7 Å². The van der Waals surface area contributed by atoms with Gasteiger partial charge >= 0.3 is 6.18 Å². The van der Waals surface area contributed by atoms with Crippen molar-refractivity contribution in [3.05, 3.63) is 0 Å². The monoisotopic (exact) mass is 240 g/mol. The number of carbonyl (C=O) groups excluding carboxylic acids is 1. The maximum Gasteiger partial charge on any atom is 0.398 e. The molecule has 94 valence electrons. The Hall–Kier alpha value is -0.820. The second-order valence-electron chi connectivity index (χ2n) is 4.04. The molecule has 0 aliphatic carbocycles. The summed E-state index contributed by atoms with van der Waals surface area (Å²) in [7, 11) is 0. The zero-order valence-electron chi connectivity index (χ0n) is 8.76. The van der Waals surface area contributed by atoms with Gasteiger partial charge in [-0.05, 0) is 6.42 Å². The van der Waals surface area contributed by atoms with Gasteiger partial charge in [-0.3, -0.25) is 4.79 Å². The van der Waals surface area contributed by atoms with Gasteiger partial charge in [0.1, 0.15) is 5.41 Å². The third-order valence-electron chi connectivity index (χ3n) is 2.97. The quantitative estimate of drug-likeness (QED) is 0.735. The van der Waals surface area contributed by atoms with Crippen molar-refractivity contribution in [1.29, 1.82) is 0 Å². The molecule has 0 aromatic rings. The van der Waals surface area contributed by atoms with Gasteiger partial charge in [0.05, 0.1) is 6.61 Å². The van der Waals surface area contributed by atoms with E-state index in [0.29, 0.717) is 0 Å². The Bertz CT molecular complexity index is 270. The van der Waals surface area contributed by atoms with Crippen LogP contribution in [0.15, 0.2) is 0 Å². The number of likely N-dealkylation sites (tertiary alicyclic amines) is 1. The first kappa shape index (κ1) is 13.2. The van der Waals surface area contributed by atoms with Gasteiger partial charge in [-0.25, -0.2) is 0 Å². The molecule has 0 radical (unpaired) electrons. The van der Waals surface area contributed by atoms with Crippen LogP contribution in [0.5, 0.6) is 0 Å². The van der Waals surface area contributed by atoms with Crippen LogP contribution in [0.4, 0.5) is 13.2 Å². The molecule has 0 saturated carbocycles. The topological polar surface area (TPSA) is 66.6 Å². The predicted molar refractivity (Wildman–Crippen MR) is 50.4 cm³/mol. The third-order valence-corrected chi connectivity index (χ3v) is 2.97. The predicted octanol–water partition coefficient (Wildman–Crippen LogP) is 0.108. The molecule has 16 heavy (non-hydrogen) atoms. The summed E-state index contributed by atoms with van der Waals surface area (Å²) in [5.41, 5.74) is 3.01. The van der Waals surface area contributed by atoms with Crippen molar-refractivity contribution in [2.45, 2.75) is 19.0 Å². The summed E-state index contributed by atoms with van der Waals surface area (Å²) >= 11 is 0. The Morgan fingerprint density at radius 2 is 2.12 bits per heavy atom. The summed E-state index contributed by atoms with van der Waals surface area (Å²) in [6.07, 6.45) is -4.69. The molecule has 4 nitrogen and oxygen atoms in total. The van der Waals surface area contributed by atoms with E-state index in [-0.39, 0.29) is 31.8 Å². The van der Waals surface area contributed by atoms with Gasteiger partial charge in [-0.1, -0.05) is 0 Å². The highest BCUT2D eigenvalue weighted by Crippen LogP contribution is 2.45. The fourth-order valence-electron chi connectivity index (χ4n) is 1.82. The third kappa shape index (κ3) is 2.30. The van der Waals surface area contributed by atoms with E-state index >= 15 is 0 Å². The van der Waals surface area contributed by atoms with Crippen molar-refractivity contribution in [3.8, 4) is 0 Å². The van der Waals surface area contributed by atoms with Crippen molar-refractivity contribution >= 4 is 5.91 Å². The molecule has 1 amide bonds. The number of nitrogens with zero attached hydrogens (tertiary/aromatic N) is 1. The van der Waals surface area contributed by atoms with E-state index in [1.807, 2.05) is 0 Å². The average molecular weight is 240 g/mol. The number of hydrogen-bond acceptors (Lipinski definition) is 3. The van der Waals surface area contributed by atoms with Crippen LogP contribution in [-0.2, 0) is 4.79 Å². The summed E-state index contributed by atoms with van der Waals surface area (Å²) in [6.45, 7) is -1.30. The van der Waals surface area contributed by atoms with Gasteiger partial charge in [0.2, 0.25) is 5.91 Å². The molecule has 0 unspecified atom stereocenters. The lowest BCUT2D eigenvalue weighted by Crippen LogP contribution is -2.44. The van der Waals surface area contributed by atoms with E-state index in [4.69, 9.17) is 10.8 Å². The van der Waals surface area contributed by atoms with E-state index in [0.717, 1.165) is 4.90 Å². The number of rotatable bonds is 3. The SMILES string of the molecule is NCCC(=O)N1CC[C@@](CO)(C(F)(F)F)C1. The molecule has 1 fully saturated rings. The molecule has 1 saturated heterocycles. The molecule has 0 aromatic heterocycles. The van der Waals surface area contributed by atoms with Gasteiger partial charge in [-0.2, -0.15) is 13.2 Å². The number of hydrogen-bond donors (Lipinski definition) is 2. The van der Waals surface area contributed by atoms with Crippen LogP contribution >= 0.6 is 0 Å². The first-order valence-corrected chi connectivity index (χ1v) is 5.02. The lowest BCUT2D eigenvalue weighted by atomic mass is 9.87. The number of nitrogens with two attached hydrogens (primary N) is 1. The van der Waals surface area contributed by atoms with Crippen LogP contribution in [0.1, 0.15) is 12.8 Å². The average Bonchev–Trinajstić information content (AvgIpc) is 2.62. The van der Waals surface area contributed by atoms with Crippen molar-refractivity contribution in [1.82, 2.24) is 4.90 Å². The molecule has 1 rings (SSSR count). The first-order chi connectivity index (χ1) is 7.36. The Balaban J connectivity index is 2.72. The van der Waals surface area contributed by atoms with Crippen molar-refractivity contribution in [2.24, 2.45) is 11.1 Å². The minimum atomic E-state index is -4.49. The second kappa shape index (κ2) is 4.58. The van der Waals surface area contributed by atoms with Gasteiger partial charge in [0, 0.05) is 26.1 Å².